The van der Waals surface area contributed by atoms with E-state index in [1.807, 2.05) is 0 Å². The van der Waals surface area contributed by atoms with Crippen LogP contribution in [-0.4, -0.2) is 6.04 Å². The topological polar surface area (TPSA) is 12.0 Å². The van der Waals surface area contributed by atoms with Crippen molar-refractivity contribution in [1.82, 2.24) is 5.32 Å². The largest absolute Gasteiger partial charge is 0.380 e. The van der Waals surface area contributed by atoms with Crippen LogP contribution in [0, 0.1) is 0 Å². The smallest absolute Gasteiger partial charge is 0.0707 e. The zero-order chi connectivity index (χ0) is 20.3. The Balaban J connectivity index is 1.55. The van der Waals surface area contributed by atoms with Gasteiger partial charge in [-0.2, -0.15) is 0 Å². The Labute approximate surface area is 178 Å². The molecule has 1 heteroatoms. The fraction of sp³-hybridized carbons (Fsp3) is 0.0345. The van der Waals surface area contributed by atoms with Crippen LogP contribution in [0.5, 0.6) is 0 Å². The number of allylic oxidation sites excluding steroid dienone is 4. The summed E-state index contributed by atoms with van der Waals surface area (Å²) in [5.74, 6) is 0. The number of hydrogen-bond donors (Lipinski definition) is 1. The van der Waals surface area contributed by atoms with Crippen molar-refractivity contribution in [3.05, 3.63) is 150 Å². The molecule has 1 nitrogen and oxygen atoms in total. The molecule has 3 aromatic carbocycles. The molecule has 5 rings (SSSR count). The van der Waals surface area contributed by atoms with Crippen LogP contribution in [0.4, 0.5) is 0 Å². The van der Waals surface area contributed by atoms with Gasteiger partial charge in [0.15, 0.2) is 0 Å². The Kier molecular flexibility index (Phi) is 4.78. The van der Waals surface area contributed by atoms with E-state index in [0.29, 0.717) is 0 Å². The van der Waals surface area contributed by atoms with E-state index in [4.69, 9.17) is 0 Å². The molecule has 0 radical (unpaired) electrons. The third kappa shape index (κ3) is 3.25. The fourth-order valence-electron chi connectivity index (χ4n) is 4.27. The van der Waals surface area contributed by atoms with Crippen LogP contribution >= 0.6 is 0 Å². The van der Waals surface area contributed by atoms with Crippen LogP contribution in [0.15, 0.2) is 128 Å². The molecule has 0 amide bonds. The molecule has 3 aromatic rings. The maximum atomic E-state index is 4.43. The zero-order valence-corrected chi connectivity index (χ0v) is 16.8. The number of hydrogen-bond acceptors (Lipinski definition) is 1. The molecule has 1 atom stereocenters. The molecule has 1 unspecified atom stereocenters. The second-order valence-electron chi connectivity index (χ2n) is 7.53. The van der Waals surface area contributed by atoms with Crippen molar-refractivity contribution in [3.8, 4) is 0 Å². The summed E-state index contributed by atoms with van der Waals surface area (Å²) in [7, 11) is 0. The van der Waals surface area contributed by atoms with E-state index in [9.17, 15) is 0 Å². The molecule has 0 fully saturated rings. The van der Waals surface area contributed by atoms with Crippen molar-refractivity contribution in [3.63, 3.8) is 0 Å². The summed E-state index contributed by atoms with van der Waals surface area (Å²) in [6, 6.07) is 29.6. The average Bonchev–Trinajstić information content (AvgIpc) is 2.95. The zero-order valence-electron chi connectivity index (χ0n) is 16.8. The monoisotopic (exact) mass is 385 g/mol. The van der Waals surface area contributed by atoms with Crippen molar-refractivity contribution in [1.29, 1.82) is 0 Å². The maximum absolute atomic E-state index is 4.43. The molecule has 2 aliphatic rings. The van der Waals surface area contributed by atoms with Crippen LogP contribution < -0.4 is 5.32 Å². The van der Waals surface area contributed by atoms with Crippen molar-refractivity contribution in [2.75, 3.05) is 0 Å². The van der Waals surface area contributed by atoms with Gasteiger partial charge in [-0.3, -0.25) is 0 Å². The summed E-state index contributed by atoms with van der Waals surface area (Å²) < 4.78 is 0. The number of nitrogens with one attached hydrogen (secondary N) is 1. The van der Waals surface area contributed by atoms with Crippen molar-refractivity contribution >= 4 is 16.7 Å². The second-order valence-corrected chi connectivity index (χ2v) is 7.53. The Morgan fingerprint density at radius 1 is 0.733 bits per heavy atom. The van der Waals surface area contributed by atoms with Crippen LogP contribution in [-0.2, 0) is 0 Å². The summed E-state index contributed by atoms with van der Waals surface area (Å²) >= 11 is 0. The Bertz CT molecular complexity index is 1170. The van der Waals surface area contributed by atoms with E-state index >= 15 is 0 Å². The minimum absolute atomic E-state index is 0.0531. The van der Waals surface area contributed by atoms with Gasteiger partial charge in [-0.25, -0.2) is 0 Å². The lowest BCUT2D eigenvalue weighted by molar-refractivity contribution is 0.821. The minimum Gasteiger partial charge on any atom is -0.380 e. The molecular weight excluding hydrogens is 362 g/mol. The molecular formula is C29H23N. The fourth-order valence-corrected chi connectivity index (χ4v) is 4.27. The quantitative estimate of drug-likeness (QED) is 0.531. The predicted octanol–water partition coefficient (Wildman–Crippen LogP) is 6.64. The Morgan fingerprint density at radius 2 is 1.33 bits per heavy atom. The maximum Gasteiger partial charge on any atom is 0.0707 e. The van der Waals surface area contributed by atoms with Gasteiger partial charge in [-0.05, 0) is 39.0 Å². The first kappa shape index (κ1) is 18.2. The highest BCUT2D eigenvalue weighted by Crippen LogP contribution is 2.43. The van der Waals surface area contributed by atoms with Gasteiger partial charge in [0.2, 0.25) is 0 Å². The molecule has 1 N–H and O–H groups in total. The van der Waals surface area contributed by atoms with Gasteiger partial charge in [-0.15, -0.1) is 0 Å². The molecule has 0 heterocycles. The first-order valence-electron chi connectivity index (χ1n) is 10.3. The normalized spacial score (nSPS) is 16.7. The lowest BCUT2D eigenvalue weighted by Crippen LogP contribution is -2.24. The van der Waals surface area contributed by atoms with Crippen molar-refractivity contribution in [2.24, 2.45) is 0 Å². The third-order valence-electron chi connectivity index (χ3n) is 5.72. The molecule has 30 heavy (non-hydrogen) atoms. The summed E-state index contributed by atoms with van der Waals surface area (Å²) in [4.78, 5) is 0. The number of fused-ring (bicyclic) bond motifs is 2. The molecule has 0 saturated carbocycles. The van der Waals surface area contributed by atoms with E-state index in [0.717, 1.165) is 5.57 Å². The van der Waals surface area contributed by atoms with Crippen molar-refractivity contribution in [2.45, 2.75) is 6.04 Å². The van der Waals surface area contributed by atoms with Crippen LogP contribution in [0.3, 0.4) is 0 Å². The first-order chi connectivity index (χ1) is 14.8. The molecule has 0 spiro atoms. The van der Waals surface area contributed by atoms with Crippen LogP contribution in [0.2, 0.25) is 0 Å². The van der Waals surface area contributed by atoms with Crippen LogP contribution in [0.1, 0.15) is 22.3 Å². The highest BCUT2D eigenvalue weighted by molar-refractivity contribution is 6.03. The van der Waals surface area contributed by atoms with Gasteiger partial charge in [0.25, 0.3) is 0 Å². The third-order valence-corrected chi connectivity index (χ3v) is 5.72. The summed E-state index contributed by atoms with van der Waals surface area (Å²) in [5, 5.41) is 3.69. The van der Waals surface area contributed by atoms with E-state index in [1.54, 1.807) is 0 Å². The standard InChI is InChI=1S/C29H23N/c1-21-24-16-8-9-17-25(24)26-18-10-11-19-28(29(21)26)30-20-27(22-12-4-2-5-13-22)23-14-6-3-7-15-23/h2-20,28,30H,1H2. The van der Waals surface area contributed by atoms with Gasteiger partial charge in [0, 0.05) is 11.8 Å². The summed E-state index contributed by atoms with van der Waals surface area (Å²) in [5.41, 5.74) is 9.65. The van der Waals surface area contributed by atoms with E-state index < -0.39 is 0 Å². The summed E-state index contributed by atoms with van der Waals surface area (Å²) in [6.07, 6.45) is 10.8. The van der Waals surface area contributed by atoms with Gasteiger partial charge >= 0.3 is 0 Å². The highest BCUT2D eigenvalue weighted by Gasteiger charge is 2.28. The van der Waals surface area contributed by atoms with E-state index in [2.05, 4.69) is 127 Å². The minimum atomic E-state index is 0.0531. The van der Waals surface area contributed by atoms with Gasteiger partial charge in [0.05, 0.1) is 6.04 Å². The van der Waals surface area contributed by atoms with E-state index in [1.165, 1.54) is 39.0 Å². The molecule has 0 saturated heterocycles. The molecule has 0 aromatic heterocycles. The van der Waals surface area contributed by atoms with E-state index in [-0.39, 0.29) is 6.04 Å². The molecule has 0 aliphatic heterocycles. The lowest BCUT2D eigenvalue weighted by Gasteiger charge is -2.19. The number of benzene rings is 3. The Hall–Kier alpha value is -3.84. The Morgan fingerprint density at radius 3 is 2.00 bits per heavy atom. The van der Waals surface area contributed by atoms with Crippen molar-refractivity contribution < 1.29 is 0 Å². The SMILES string of the molecule is C=C1C2=C(C=CC=CC2NC=C(c2ccccc2)c2ccccc2)c2ccccc21. The molecule has 144 valence electrons. The highest BCUT2D eigenvalue weighted by atomic mass is 14.9. The predicted molar refractivity (Wildman–Crippen MR) is 128 cm³/mol. The summed E-state index contributed by atoms with van der Waals surface area (Å²) in [6.45, 7) is 4.43. The van der Waals surface area contributed by atoms with Gasteiger partial charge < -0.3 is 5.32 Å². The van der Waals surface area contributed by atoms with Gasteiger partial charge in [0.1, 0.15) is 0 Å². The molecule has 0 bridgehead atoms. The second kappa shape index (κ2) is 7.88. The first-order valence-corrected chi connectivity index (χ1v) is 10.3. The lowest BCUT2D eigenvalue weighted by atomic mass is 9.96. The van der Waals surface area contributed by atoms with Gasteiger partial charge in [-0.1, -0.05) is 116 Å². The average molecular weight is 386 g/mol. The molecule has 2 aliphatic carbocycles. The van der Waals surface area contributed by atoms with Crippen LogP contribution in [0.25, 0.3) is 16.7 Å². The number of rotatable bonds is 4.